The van der Waals surface area contributed by atoms with E-state index in [-0.39, 0.29) is 12.3 Å². The standard InChI is InChI=1S/C16H19N5O/c17-21-15(22)11-12-18-16(19-13-7-3-1-4-8-13)20-14-9-5-2-6-10-14/h1-10H,11-12,17H2,(H,21,22)(H2,18,19,20). The average Bonchev–Trinajstić information content (AvgIpc) is 2.56. The molecule has 2 rings (SSSR count). The quantitative estimate of drug-likeness (QED) is 0.222. The van der Waals surface area contributed by atoms with E-state index >= 15 is 0 Å². The minimum absolute atomic E-state index is 0.230. The maximum absolute atomic E-state index is 11.2. The summed E-state index contributed by atoms with van der Waals surface area (Å²) in [5.74, 6) is 5.40. The molecule has 22 heavy (non-hydrogen) atoms. The van der Waals surface area contributed by atoms with Gasteiger partial charge in [-0.1, -0.05) is 36.4 Å². The predicted molar refractivity (Wildman–Crippen MR) is 88.6 cm³/mol. The van der Waals surface area contributed by atoms with Crippen molar-refractivity contribution in [3.05, 3.63) is 60.7 Å². The molecule has 2 aromatic rings. The summed E-state index contributed by atoms with van der Waals surface area (Å²) in [6, 6.07) is 19.3. The maximum atomic E-state index is 11.2. The van der Waals surface area contributed by atoms with Crippen LogP contribution in [0.15, 0.2) is 65.7 Å². The molecule has 0 unspecified atom stereocenters. The second-order valence-corrected chi connectivity index (χ2v) is 4.53. The molecule has 6 nitrogen and oxygen atoms in total. The molecule has 5 N–H and O–H groups in total. The number of hydrogen-bond donors (Lipinski definition) is 4. The zero-order valence-corrected chi connectivity index (χ0v) is 12.1. The zero-order valence-electron chi connectivity index (χ0n) is 12.1. The molecule has 6 heteroatoms. The molecule has 114 valence electrons. The fraction of sp³-hybridized carbons (Fsp3) is 0.125. The Hall–Kier alpha value is -2.86. The SMILES string of the molecule is NNC(=O)CCNC(=Nc1ccccc1)Nc1ccccc1. The summed E-state index contributed by atoms with van der Waals surface area (Å²) in [6.07, 6.45) is 0.265. The second-order valence-electron chi connectivity index (χ2n) is 4.53. The van der Waals surface area contributed by atoms with Crippen LogP contribution in [0.2, 0.25) is 0 Å². The number of para-hydroxylation sites is 2. The molecule has 0 saturated heterocycles. The molecule has 0 fully saturated rings. The highest BCUT2D eigenvalue weighted by molar-refractivity contribution is 5.95. The maximum Gasteiger partial charge on any atom is 0.235 e. The van der Waals surface area contributed by atoms with E-state index in [1.807, 2.05) is 60.7 Å². The number of carbonyl (C=O) groups is 1. The Morgan fingerprint density at radius 2 is 1.64 bits per heavy atom. The van der Waals surface area contributed by atoms with E-state index in [1.165, 1.54) is 0 Å². The smallest absolute Gasteiger partial charge is 0.235 e. The van der Waals surface area contributed by atoms with Gasteiger partial charge >= 0.3 is 0 Å². The molecule has 0 aromatic heterocycles. The normalized spacial score (nSPS) is 10.9. The third-order valence-corrected chi connectivity index (χ3v) is 2.84. The molecule has 0 bridgehead atoms. The van der Waals surface area contributed by atoms with E-state index in [0.29, 0.717) is 12.5 Å². The number of aliphatic imine (C=N–C) groups is 1. The Kier molecular flexibility index (Phi) is 5.95. The first-order chi connectivity index (χ1) is 10.8. The number of hydrazine groups is 1. The van der Waals surface area contributed by atoms with Crippen LogP contribution in [0.3, 0.4) is 0 Å². The number of rotatable bonds is 5. The van der Waals surface area contributed by atoms with Crippen molar-refractivity contribution < 1.29 is 4.79 Å². The lowest BCUT2D eigenvalue weighted by molar-refractivity contribution is -0.121. The summed E-state index contributed by atoms with van der Waals surface area (Å²) in [5.41, 5.74) is 3.83. The van der Waals surface area contributed by atoms with E-state index in [2.05, 4.69) is 21.1 Å². The van der Waals surface area contributed by atoms with E-state index in [9.17, 15) is 4.79 Å². The Morgan fingerprint density at radius 1 is 1.00 bits per heavy atom. The monoisotopic (exact) mass is 297 g/mol. The predicted octanol–water partition coefficient (Wildman–Crippen LogP) is 1.76. The molecule has 0 aliphatic rings. The number of anilines is 1. The summed E-state index contributed by atoms with van der Waals surface area (Å²) in [5, 5.41) is 6.30. The second kappa shape index (κ2) is 8.43. The van der Waals surface area contributed by atoms with Crippen LogP contribution in [0.1, 0.15) is 6.42 Å². The van der Waals surface area contributed by atoms with Gasteiger partial charge in [0.1, 0.15) is 0 Å². The summed E-state index contributed by atoms with van der Waals surface area (Å²) in [7, 11) is 0. The first-order valence-electron chi connectivity index (χ1n) is 6.97. The molecular formula is C16H19N5O. The van der Waals surface area contributed by atoms with Gasteiger partial charge in [0.15, 0.2) is 0 Å². The third-order valence-electron chi connectivity index (χ3n) is 2.84. The lowest BCUT2D eigenvalue weighted by Gasteiger charge is -2.12. The molecule has 0 saturated carbocycles. The average molecular weight is 297 g/mol. The van der Waals surface area contributed by atoms with Crippen molar-refractivity contribution in [1.82, 2.24) is 10.7 Å². The topological polar surface area (TPSA) is 91.5 Å². The van der Waals surface area contributed by atoms with Gasteiger partial charge in [0, 0.05) is 18.7 Å². The number of benzene rings is 2. The van der Waals surface area contributed by atoms with Gasteiger partial charge in [-0.15, -0.1) is 0 Å². The van der Waals surface area contributed by atoms with Crippen LogP contribution < -0.4 is 21.9 Å². The van der Waals surface area contributed by atoms with E-state index in [1.54, 1.807) is 0 Å². The van der Waals surface area contributed by atoms with Crippen molar-refractivity contribution >= 4 is 23.2 Å². The lowest BCUT2D eigenvalue weighted by atomic mass is 10.3. The Balaban J connectivity index is 2.06. The van der Waals surface area contributed by atoms with Gasteiger partial charge in [0.05, 0.1) is 5.69 Å². The number of nitrogens with zero attached hydrogens (tertiary/aromatic N) is 1. The summed E-state index contributed by atoms with van der Waals surface area (Å²) in [4.78, 5) is 15.7. The zero-order chi connectivity index (χ0) is 15.6. The molecule has 0 spiro atoms. The molecule has 0 aliphatic carbocycles. The number of carbonyl (C=O) groups excluding carboxylic acids is 1. The number of nitrogens with one attached hydrogen (secondary N) is 3. The van der Waals surface area contributed by atoms with Gasteiger partial charge in [0.25, 0.3) is 0 Å². The van der Waals surface area contributed by atoms with Crippen LogP contribution in [0.25, 0.3) is 0 Å². The molecular weight excluding hydrogens is 278 g/mol. The van der Waals surface area contributed by atoms with Gasteiger partial charge in [0.2, 0.25) is 11.9 Å². The molecule has 0 atom stereocenters. The van der Waals surface area contributed by atoms with Crippen molar-refractivity contribution in [3.63, 3.8) is 0 Å². The summed E-state index contributed by atoms with van der Waals surface area (Å²) >= 11 is 0. The Labute approximate surface area is 129 Å². The molecule has 2 aromatic carbocycles. The lowest BCUT2D eigenvalue weighted by Crippen LogP contribution is -2.36. The highest BCUT2D eigenvalue weighted by atomic mass is 16.2. The minimum atomic E-state index is -0.230. The molecule has 0 aliphatic heterocycles. The Bertz CT molecular complexity index is 613. The van der Waals surface area contributed by atoms with Crippen molar-refractivity contribution in [2.75, 3.05) is 11.9 Å². The van der Waals surface area contributed by atoms with Crippen LogP contribution in [-0.4, -0.2) is 18.4 Å². The fourth-order valence-corrected chi connectivity index (χ4v) is 1.77. The van der Waals surface area contributed by atoms with Gasteiger partial charge < -0.3 is 10.6 Å². The van der Waals surface area contributed by atoms with Gasteiger partial charge in [-0.2, -0.15) is 0 Å². The van der Waals surface area contributed by atoms with Gasteiger partial charge in [-0.3, -0.25) is 10.2 Å². The van der Waals surface area contributed by atoms with Crippen LogP contribution in [0.5, 0.6) is 0 Å². The number of nitrogens with two attached hydrogens (primary N) is 1. The van der Waals surface area contributed by atoms with Crippen LogP contribution in [0.4, 0.5) is 11.4 Å². The van der Waals surface area contributed by atoms with Crippen LogP contribution in [-0.2, 0) is 4.79 Å². The summed E-state index contributed by atoms with van der Waals surface area (Å²) < 4.78 is 0. The first-order valence-corrected chi connectivity index (χ1v) is 6.97. The third kappa shape index (κ3) is 5.26. The van der Waals surface area contributed by atoms with Crippen molar-refractivity contribution in [2.45, 2.75) is 6.42 Å². The molecule has 0 heterocycles. The largest absolute Gasteiger partial charge is 0.355 e. The van der Waals surface area contributed by atoms with E-state index in [0.717, 1.165) is 11.4 Å². The number of hydrogen-bond acceptors (Lipinski definition) is 3. The number of amides is 1. The number of guanidine groups is 1. The van der Waals surface area contributed by atoms with Crippen LogP contribution in [0, 0.1) is 0 Å². The first kappa shape index (κ1) is 15.5. The van der Waals surface area contributed by atoms with Gasteiger partial charge in [-0.05, 0) is 24.3 Å². The van der Waals surface area contributed by atoms with Crippen molar-refractivity contribution in [1.29, 1.82) is 0 Å². The summed E-state index contributed by atoms with van der Waals surface area (Å²) in [6.45, 7) is 0.425. The van der Waals surface area contributed by atoms with E-state index < -0.39 is 0 Å². The van der Waals surface area contributed by atoms with Crippen molar-refractivity contribution in [2.24, 2.45) is 10.8 Å². The highest BCUT2D eigenvalue weighted by Crippen LogP contribution is 2.11. The van der Waals surface area contributed by atoms with Gasteiger partial charge in [-0.25, -0.2) is 10.8 Å². The fourth-order valence-electron chi connectivity index (χ4n) is 1.77. The highest BCUT2D eigenvalue weighted by Gasteiger charge is 2.03. The van der Waals surface area contributed by atoms with E-state index in [4.69, 9.17) is 5.84 Å². The van der Waals surface area contributed by atoms with Crippen LogP contribution >= 0.6 is 0 Å². The Morgan fingerprint density at radius 3 is 2.27 bits per heavy atom. The molecule has 0 radical (unpaired) electrons. The molecule has 1 amide bonds. The minimum Gasteiger partial charge on any atom is -0.355 e. The van der Waals surface area contributed by atoms with Crippen molar-refractivity contribution in [3.8, 4) is 0 Å².